The minimum absolute atomic E-state index is 0.115. The van der Waals surface area contributed by atoms with Crippen LogP contribution >= 0.6 is 0 Å². The van der Waals surface area contributed by atoms with Crippen LogP contribution in [0.2, 0.25) is 0 Å². The summed E-state index contributed by atoms with van der Waals surface area (Å²) in [5.41, 5.74) is 0.0514. The van der Waals surface area contributed by atoms with E-state index in [1.165, 1.54) is 18.2 Å². The van der Waals surface area contributed by atoms with Crippen molar-refractivity contribution in [2.75, 3.05) is 13.1 Å². The molecule has 3 heterocycles. The highest BCUT2D eigenvalue weighted by Gasteiger charge is 2.29. The normalized spacial score (nSPS) is 17.8. The number of carbonyl (C=O) groups is 1. The molecule has 2 aliphatic rings. The Labute approximate surface area is 183 Å². The molecule has 4 rings (SSSR count). The first-order valence-corrected chi connectivity index (χ1v) is 10.4. The van der Waals surface area contributed by atoms with E-state index in [4.69, 9.17) is 14.7 Å². The van der Waals surface area contributed by atoms with Crippen molar-refractivity contribution in [3.8, 4) is 17.5 Å². The van der Waals surface area contributed by atoms with Crippen LogP contribution < -0.4 is 10.3 Å². The van der Waals surface area contributed by atoms with Gasteiger partial charge in [0.25, 0.3) is 5.56 Å². The number of benzene rings is 1. The van der Waals surface area contributed by atoms with Crippen LogP contribution in [0.5, 0.6) is 5.75 Å². The van der Waals surface area contributed by atoms with Crippen molar-refractivity contribution < 1.29 is 18.7 Å². The van der Waals surface area contributed by atoms with Crippen LogP contribution in [-0.2, 0) is 4.74 Å². The van der Waals surface area contributed by atoms with E-state index in [9.17, 15) is 14.0 Å². The molecule has 0 bridgehead atoms. The lowest BCUT2D eigenvalue weighted by Crippen LogP contribution is -2.42. The smallest absolute Gasteiger partial charge is 0.410 e. The number of amides is 1. The van der Waals surface area contributed by atoms with E-state index >= 15 is 0 Å². The topological polar surface area (TPSA) is 110 Å². The molecule has 1 amide bonds. The maximum absolute atomic E-state index is 14.0. The minimum atomic E-state index is -0.731. The number of carbonyl (C=O) groups excluding carboxylic acids is 1. The summed E-state index contributed by atoms with van der Waals surface area (Å²) in [5, 5.41) is 13.3. The Hall–Kier alpha value is -3.74. The zero-order valence-corrected chi connectivity index (χ0v) is 17.7. The van der Waals surface area contributed by atoms with E-state index in [0.29, 0.717) is 37.4 Å². The van der Waals surface area contributed by atoms with Crippen LogP contribution in [-0.4, -0.2) is 52.3 Å². The average molecular weight is 439 g/mol. The van der Waals surface area contributed by atoms with Crippen LogP contribution in [0, 0.1) is 17.1 Å². The lowest BCUT2D eigenvalue weighted by molar-refractivity contribution is 0.0513. The fourth-order valence-electron chi connectivity index (χ4n) is 3.46. The van der Waals surface area contributed by atoms with Gasteiger partial charge < -0.3 is 14.4 Å². The van der Waals surface area contributed by atoms with E-state index < -0.39 is 11.4 Å². The fourth-order valence-corrected chi connectivity index (χ4v) is 3.46. The van der Waals surface area contributed by atoms with E-state index in [1.807, 2.05) is 0 Å². The maximum atomic E-state index is 14.0. The Kier molecular flexibility index (Phi) is 5.90. The second-order valence-electron chi connectivity index (χ2n) is 7.90. The number of aliphatic imine (C=N–C) groups is 1. The molecule has 0 radical (unpaired) electrons. The predicted octanol–water partition coefficient (Wildman–Crippen LogP) is 2.76. The number of hydrogen-bond acceptors (Lipinski definition) is 7. The summed E-state index contributed by atoms with van der Waals surface area (Å²) in [4.78, 5) is 30.5. The Bertz CT molecular complexity index is 1160. The molecule has 0 saturated carbocycles. The third kappa shape index (κ3) is 4.61. The Morgan fingerprint density at radius 3 is 2.59 bits per heavy atom. The molecule has 2 aliphatic heterocycles. The fraction of sp³-hybridized carbons (Fsp3) is 0.409. The molecule has 2 aromatic rings. The third-order valence-corrected chi connectivity index (χ3v) is 5.15. The van der Waals surface area contributed by atoms with Crippen molar-refractivity contribution >= 4 is 12.3 Å². The molecule has 1 saturated heterocycles. The van der Waals surface area contributed by atoms with E-state index in [0.717, 1.165) is 10.7 Å². The Morgan fingerprint density at radius 1 is 1.28 bits per heavy atom. The molecule has 1 fully saturated rings. The Balaban J connectivity index is 1.52. The van der Waals surface area contributed by atoms with Crippen LogP contribution in [0.1, 0.15) is 44.0 Å². The molecular weight excluding hydrogens is 417 g/mol. The zero-order valence-electron chi connectivity index (χ0n) is 17.7. The number of rotatable bonds is 5. The molecule has 32 heavy (non-hydrogen) atoms. The van der Waals surface area contributed by atoms with Crippen molar-refractivity contribution in [2.24, 2.45) is 4.99 Å². The van der Waals surface area contributed by atoms with Crippen molar-refractivity contribution in [2.45, 2.75) is 44.9 Å². The third-order valence-electron chi connectivity index (χ3n) is 5.15. The number of halogens is 1. The molecule has 166 valence electrons. The van der Waals surface area contributed by atoms with Crippen molar-refractivity contribution in [1.29, 1.82) is 5.26 Å². The summed E-state index contributed by atoms with van der Waals surface area (Å²) in [5.74, 6) is -0.405. The minimum Gasteiger partial charge on any atom is -0.488 e. The molecule has 1 atom stereocenters. The number of hydrogen-bond donors (Lipinski definition) is 0. The highest BCUT2D eigenvalue weighted by molar-refractivity contribution is 5.80. The van der Waals surface area contributed by atoms with E-state index in [1.54, 1.807) is 31.0 Å². The highest BCUT2D eigenvalue weighted by atomic mass is 19.1. The van der Waals surface area contributed by atoms with Gasteiger partial charge in [0.05, 0.1) is 17.4 Å². The standard InChI is InChI=1S/C22H22FN5O4/c1-13(2)31-22(30)27-7-5-16(6-8-27)32-19-10-20(29)28(26-21(19)18-12-25-18)15-4-3-14(11-24)17(23)9-15/h3-4,9-10,12-13,16,18H,5-8H2,1-2H3. The molecule has 1 unspecified atom stereocenters. The van der Waals surface area contributed by atoms with Gasteiger partial charge in [-0.05, 0) is 26.0 Å². The van der Waals surface area contributed by atoms with Crippen molar-refractivity contribution in [3.63, 3.8) is 0 Å². The van der Waals surface area contributed by atoms with E-state index in [-0.39, 0.29) is 35.6 Å². The average Bonchev–Trinajstić information content (AvgIpc) is 3.59. The quantitative estimate of drug-likeness (QED) is 0.709. The van der Waals surface area contributed by atoms with Gasteiger partial charge in [-0.15, -0.1) is 0 Å². The van der Waals surface area contributed by atoms with Gasteiger partial charge in [0.15, 0.2) is 5.75 Å². The molecule has 10 heteroatoms. The lowest BCUT2D eigenvalue weighted by Gasteiger charge is -2.32. The largest absolute Gasteiger partial charge is 0.488 e. The monoisotopic (exact) mass is 439 g/mol. The van der Waals surface area contributed by atoms with Gasteiger partial charge in [0.1, 0.15) is 29.7 Å². The van der Waals surface area contributed by atoms with Gasteiger partial charge in [-0.1, -0.05) is 0 Å². The zero-order chi connectivity index (χ0) is 22.8. The van der Waals surface area contributed by atoms with Crippen LogP contribution in [0.3, 0.4) is 0 Å². The summed E-state index contributed by atoms with van der Waals surface area (Å²) in [7, 11) is 0. The van der Waals surface area contributed by atoms with Gasteiger partial charge >= 0.3 is 6.09 Å². The number of aromatic nitrogens is 2. The van der Waals surface area contributed by atoms with Crippen molar-refractivity contribution in [3.05, 3.63) is 51.7 Å². The van der Waals surface area contributed by atoms with Crippen LogP contribution in [0.25, 0.3) is 5.69 Å². The van der Waals surface area contributed by atoms with Gasteiger partial charge in [-0.3, -0.25) is 9.79 Å². The second-order valence-corrected chi connectivity index (χ2v) is 7.90. The number of nitrogens with zero attached hydrogens (tertiary/aromatic N) is 5. The lowest BCUT2D eigenvalue weighted by atomic mass is 10.1. The number of ether oxygens (including phenoxy) is 2. The molecule has 1 aromatic heterocycles. The first kappa shape index (κ1) is 21.5. The summed E-state index contributed by atoms with van der Waals surface area (Å²) in [6, 6.07) is 6.61. The van der Waals surface area contributed by atoms with Gasteiger partial charge in [-0.2, -0.15) is 15.0 Å². The summed E-state index contributed by atoms with van der Waals surface area (Å²) >= 11 is 0. The van der Waals surface area contributed by atoms with Crippen LogP contribution in [0.4, 0.5) is 9.18 Å². The van der Waals surface area contributed by atoms with E-state index in [2.05, 4.69) is 10.1 Å². The first-order chi connectivity index (χ1) is 15.4. The summed E-state index contributed by atoms with van der Waals surface area (Å²) in [6.45, 7) is 4.58. The summed E-state index contributed by atoms with van der Waals surface area (Å²) < 4.78 is 26.4. The number of nitriles is 1. The SMILES string of the molecule is CC(C)OC(=O)N1CCC(Oc2cc(=O)n(-c3ccc(C#N)c(F)c3)nc2C2C=N2)CC1. The first-order valence-electron chi connectivity index (χ1n) is 10.4. The molecule has 0 aliphatic carbocycles. The van der Waals surface area contributed by atoms with Gasteiger partial charge in [0.2, 0.25) is 0 Å². The molecule has 9 nitrogen and oxygen atoms in total. The highest BCUT2D eigenvalue weighted by Crippen LogP contribution is 2.31. The van der Waals surface area contributed by atoms with Crippen LogP contribution in [0.15, 0.2) is 34.1 Å². The number of piperidine rings is 1. The van der Waals surface area contributed by atoms with Gasteiger partial charge in [-0.25, -0.2) is 9.18 Å². The summed E-state index contributed by atoms with van der Waals surface area (Å²) in [6.07, 6.45) is 2.13. The molecular formula is C22H22FN5O4. The maximum Gasteiger partial charge on any atom is 0.410 e. The molecule has 1 aromatic carbocycles. The van der Waals surface area contributed by atoms with Crippen molar-refractivity contribution in [1.82, 2.24) is 14.7 Å². The molecule has 0 N–H and O–H groups in total. The predicted molar refractivity (Wildman–Crippen MR) is 113 cm³/mol. The van der Waals surface area contributed by atoms with Gasteiger partial charge in [0, 0.05) is 44.3 Å². The molecule has 0 spiro atoms. The second kappa shape index (κ2) is 8.78. The Morgan fingerprint density at radius 2 is 2.00 bits per heavy atom. The number of likely N-dealkylation sites (tertiary alicyclic amines) is 1.